The van der Waals surface area contributed by atoms with E-state index in [9.17, 15) is 4.39 Å². The first-order valence-corrected chi connectivity index (χ1v) is 6.84. The Labute approximate surface area is 114 Å². The summed E-state index contributed by atoms with van der Waals surface area (Å²) < 4.78 is 13.7. The molecule has 1 atom stereocenters. The molecule has 18 heavy (non-hydrogen) atoms. The Kier molecular flexibility index (Phi) is 6.61. The molecule has 1 rings (SSSR count). The Morgan fingerprint density at radius 2 is 2.00 bits per heavy atom. The van der Waals surface area contributed by atoms with Gasteiger partial charge in [-0.1, -0.05) is 37.6 Å². The molecule has 0 radical (unpaired) electrons. The standard InChI is InChI=1S/C14H22ClFN2/c1-4-18(5-2)10-11(3)17-9-12-7-6-8-13(15)14(12)16/h6-8,11,17H,4-5,9-10H2,1-3H3. The second-order valence-corrected chi connectivity index (χ2v) is 4.89. The molecule has 2 nitrogen and oxygen atoms in total. The molecular formula is C14H22ClFN2. The van der Waals surface area contributed by atoms with Gasteiger partial charge < -0.3 is 10.2 Å². The number of hydrogen-bond acceptors (Lipinski definition) is 2. The average molecular weight is 273 g/mol. The first-order chi connectivity index (χ1) is 8.58. The summed E-state index contributed by atoms with van der Waals surface area (Å²) >= 11 is 5.75. The van der Waals surface area contributed by atoms with Crippen LogP contribution in [0.15, 0.2) is 18.2 Å². The van der Waals surface area contributed by atoms with Crippen molar-refractivity contribution < 1.29 is 4.39 Å². The SMILES string of the molecule is CCN(CC)CC(C)NCc1cccc(Cl)c1F. The van der Waals surface area contributed by atoms with Crippen molar-refractivity contribution in [3.8, 4) is 0 Å². The Hall–Kier alpha value is -0.640. The molecular weight excluding hydrogens is 251 g/mol. The monoisotopic (exact) mass is 272 g/mol. The Balaban J connectivity index is 2.47. The molecule has 0 heterocycles. The van der Waals surface area contributed by atoms with Crippen molar-refractivity contribution in [3.05, 3.63) is 34.6 Å². The molecule has 1 aromatic carbocycles. The van der Waals surface area contributed by atoms with Gasteiger partial charge in [0.15, 0.2) is 0 Å². The number of nitrogens with zero attached hydrogens (tertiary/aromatic N) is 1. The Morgan fingerprint density at radius 1 is 1.33 bits per heavy atom. The van der Waals surface area contributed by atoms with Crippen molar-refractivity contribution in [2.75, 3.05) is 19.6 Å². The summed E-state index contributed by atoms with van der Waals surface area (Å²) in [6.07, 6.45) is 0. The quantitative estimate of drug-likeness (QED) is 0.819. The molecule has 0 aliphatic carbocycles. The van der Waals surface area contributed by atoms with E-state index < -0.39 is 0 Å². The first-order valence-electron chi connectivity index (χ1n) is 6.47. The lowest BCUT2D eigenvalue weighted by atomic mass is 10.2. The summed E-state index contributed by atoms with van der Waals surface area (Å²) in [5, 5.41) is 3.51. The van der Waals surface area contributed by atoms with Crippen molar-refractivity contribution in [2.45, 2.75) is 33.4 Å². The molecule has 0 spiro atoms. The highest BCUT2D eigenvalue weighted by molar-refractivity contribution is 6.30. The molecule has 102 valence electrons. The zero-order chi connectivity index (χ0) is 13.5. The molecule has 1 N–H and O–H groups in total. The van der Waals surface area contributed by atoms with Gasteiger partial charge >= 0.3 is 0 Å². The van der Waals surface area contributed by atoms with Gasteiger partial charge in [0.1, 0.15) is 5.82 Å². The highest BCUT2D eigenvalue weighted by Crippen LogP contribution is 2.17. The summed E-state index contributed by atoms with van der Waals surface area (Å²) in [6, 6.07) is 5.43. The number of halogens is 2. The van der Waals surface area contributed by atoms with E-state index in [1.54, 1.807) is 18.2 Å². The first kappa shape index (κ1) is 15.4. The van der Waals surface area contributed by atoms with Crippen LogP contribution in [0.3, 0.4) is 0 Å². The van der Waals surface area contributed by atoms with Crippen molar-refractivity contribution in [1.82, 2.24) is 10.2 Å². The van der Waals surface area contributed by atoms with Gasteiger partial charge in [0, 0.05) is 24.7 Å². The maximum Gasteiger partial charge on any atom is 0.146 e. The second-order valence-electron chi connectivity index (χ2n) is 4.48. The third kappa shape index (κ3) is 4.56. The minimum absolute atomic E-state index is 0.186. The largest absolute Gasteiger partial charge is 0.309 e. The number of benzene rings is 1. The lowest BCUT2D eigenvalue weighted by Gasteiger charge is -2.23. The van der Waals surface area contributed by atoms with E-state index in [1.165, 1.54) is 0 Å². The third-order valence-corrected chi connectivity index (χ3v) is 3.39. The van der Waals surface area contributed by atoms with E-state index in [2.05, 4.69) is 31.0 Å². The van der Waals surface area contributed by atoms with Crippen molar-refractivity contribution in [3.63, 3.8) is 0 Å². The van der Waals surface area contributed by atoms with Gasteiger partial charge in [-0.2, -0.15) is 0 Å². The predicted octanol–water partition coefficient (Wildman–Crippen LogP) is 3.30. The maximum absolute atomic E-state index is 13.7. The van der Waals surface area contributed by atoms with Gasteiger partial charge in [-0.25, -0.2) is 4.39 Å². The van der Waals surface area contributed by atoms with Crippen LogP contribution in [0, 0.1) is 5.82 Å². The van der Waals surface area contributed by atoms with Gasteiger partial charge in [-0.15, -0.1) is 0 Å². The molecule has 0 aliphatic rings. The molecule has 1 aromatic rings. The summed E-state index contributed by atoms with van der Waals surface area (Å²) in [5.74, 6) is -0.318. The van der Waals surface area contributed by atoms with E-state index in [0.29, 0.717) is 18.2 Å². The van der Waals surface area contributed by atoms with Gasteiger partial charge in [-0.3, -0.25) is 0 Å². The summed E-state index contributed by atoms with van der Waals surface area (Å²) in [4.78, 5) is 2.34. The topological polar surface area (TPSA) is 15.3 Å². The molecule has 0 amide bonds. The average Bonchev–Trinajstić information content (AvgIpc) is 2.37. The van der Waals surface area contributed by atoms with Crippen LogP contribution >= 0.6 is 11.6 Å². The van der Waals surface area contributed by atoms with E-state index in [0.717, 1.165) is 19.6 Å². The smallest absolute Gasteiger partial charge is 0.146 e. The normalized spacial score (nSPS) is 13.0. The zero-order valence-corrected chi connectivity index (χ0v) is 12.1. The minimum Gasteiger partial charge on any atom is -0.309 e. The molecule has 1 unspecified atom stereocenters. The van der Waals surface area contributed by atoms with Crippen LogP contribution in [0.1, 0.15) is 26.3 Å². The number of likely N-dealkylation sites (N-methyl/N-ethyl adjacent to an activating group) is 1. The van der Waals surface area contributed by atoms with Crippen molar-refractivity contribution in [2.24, 2.45) is 0 Å². The Bertz CT molecular complexity index is 367. The number of hydrogen-bond donors (Lipinski definition) is 1. The number of rotatable bonds is 7. The molecule has 0 aromatic heterocycles. The van der Waals surface area contributed by atoms with Crippen LogP contribution in [0.5, 0.6) is 0 Å². The molecule has 0 aliphatic heterocycles. The molecule has 4 heteroatoms. The zero-order valence-electron chi connectivity index (χ0n) is 11.3. The lowest BCUT2D eigenvalue weighted by Crippen LogP contribution is -2.38. The van der Waals surface area contributed by atoms with E-state index in [1.807, 2.05) is 0 Å². The molecule has 0 saturated heterocycles. The van der Waals surface area contributed by atoms with Crippen LogP contribution in [0.4, 0.5) is 4.39 Å². The number of nitrogens with one attached hydrogen (secondary N) is 1. The highest BCUT2D eigenvalue weighted by Gasteiger charge is 2.09. The van der Waals surface area contributed by atoms with Crippen LogP contribution in [0.25, 0.3) is 0 Å². The molecule has 0 bridgehead atoms. The lowest BCUT2D eigenvalue weighted by molar-refractivity contribution is 0.270. The van der Waals surface area contributed by atoms with Crippen molar-refractivity contribution >= 4 is 11.6 Å². The van der Waals surface area contributed by atoms with Gasteiger partial charge in [-0.05, 0) is 26.1 Å². The fraction of sp³-hybridized carbons (Fsp3) is 0.571. The van der Waals surface area contributed by atoms with Gasteiger partial charge in [0.2, 0.25) is 0 Å². The summed E-state index contributed by atoms with van der Waals surface area (Å²) in [7, 11) is 0. The summed E-state index contributed by atoms with van der Waals surface area (Å²) in [5.41, 5.74) is 0.619. The van der Waals surface area contributed by atoms with E-state index in [-0.39, 0.29) is 10.8 Å². The third-order valence-electron chi connectivity index (χ3n) is 3.10. The van der Waals surface area contributed by atoms with Crippen LogP contribution in [-0.2, 0) is 6.54 Å². The van der Waals surface area contributed by atoms with Crippen molar-refractivity contribution in [1.29, 1.82) is 0 Å². The van der Waals surface area contributed by atoms with Gasteiger partial charge in [0.05, 0.1) is 5.02 Å². The predicted molar refractivity (Wildman–Crippen MR) is 75.5 cm³/mol. The second kappa shape index (κ2) is 7.72. The van der Waals surface area contributed by atoms with Gasteiger partial charge in [0.25, 0.3) is 0 Å². The highest BCUT2D eigenvalue weighted by atomic mass is 35.5. The van der Waals surface area contributed by atoms with E-state index >= 15 is 0 Å². The fourth-order valence-electron chi connectivity index (χ4n) is 1.90. The van der Waals surface area contributed by atoms with Crippen LogP contribution in [0.2, 0.25) is 5.02 Å². The Morgan fingerprint density at radius 3 is 2.61 bits per heavy atom. The van der Waals surface area contributed by atoms with Crippen LogP contribution < -0.4 is 5.32 Å². The molecule has 0 saturated carbocycles. The van der Waals surface area contributed by atoms with E-state index in [4.69, 9.17) is 11.6 Å². The van der Waals surface area contributed by atoms with Crippen LogP contribution in [-0.4, -0.2) is 30.6 Å². The minimum atomic E-state index is -0.318. The summed E-state index contributed by atoms with van der Waals surface area (Å²) in [6.45, 7) is 9.95. The fourth-order valence-corrected chi connectivity index (χ4v) is 2.10. The maximum atomic E-state index is 13.7. The molecule has 0 fully saturated rings.